The van der Waals surface area contributed by atoms with Crippen LogP contribution in [-0.2, 0) is 10.0 Å². The largest absolute Gasteiger partial charge is 0.385 e. The lowest BCUT2D eigenvalue weighted by atomic mass is 10.1. The molecule has 0 amide bonds. The van der Waals surface area contributed by atoms with Gasteiger partial charge in [-0.2, -0.15) is 0 Å². The van der Waals surface area contributed by atoms with E-state index in [1.807, 2.05) is 12.1 Å². The summed E-state index contributed by atoms with van der Waals surface area (Å²) in [4.78, 5) is 0. The average Bonchev–Trinajstić information content (AvgIpc) is 2.91. The van der Waals surface area contributed by atoms with E-state index in [-0.39, 0.29) is 5.75 Å². The molecule has 0 heterocycles. The zero-order valence-electron chi connectivity index (χ0n) is 11.4. The first-order valence-electron chi connectivity index (χ1n) is 6.93. The van der Waals surface area contributed by atoms with Gasteiger partial charge in [-0.25, -0.2) is 8.42 Å². The van der Waals surface area contributed by atoms with Gasteiger partial charge in [0.1, 0.15) is 0 Å². The fraction of sp³-hybridized carbons (Fsp3) is 0.571. The first-order chi connectivity index (χ1) is 9.09. The number of nitrogens with one attached hydrogen (secondary N) is 2. The van der Waals surface area contributed by atoms with Crippen molar-refractivity contribution in [2.24, 2.45) is 5.92 Å². The van der Waals surface area contributed by atoms with Crippen molar-refractivity contribution in [2.45, 2.75) is 32.6 Å². The Kier molecular flexibility index (Phi) is 4.69. The average molecular weight is 282 g/mol. The third-order valence-electron chi connectivity index (χ3n) is 3.61. The van der Waals surface area contributed by atoms with Crippen LogP contribution in [0.1, 0.15) is 32.6 Å². The predicted molar refractivity (Wildman–Crippen MR) is 80.0 cm³/mol. The van der Waals surface area contributed by atoms with Crippen LogP contribution in [-0.4, -0.2) is 20.7 Å². The van der Waals surface area contributed by atoms with Gasteiger partial charge in [-0.3, -0.25) is 4.72 Å². The van der Waals surface area contributed by atoms with E-state index in [1.54, 1.807) is 19.1 Å². The summed E-state index contributed by atoms with van der Waals surface area (Å²) in [5.74, 6) is 0.882. The molecule has 0 aromatic heterocycles. The van der Waals surface area contributed by atoms with Gasteiger partial charge in [0.15, 0.2) is 0 Å². The monoisotopic (exact) mass is 282 g/mol. The molecule has 5 heteroatoms. The van der Waals surface area contributed by atoms with E-state index >= 15 is 0 Å². The van der Waals surface area contributed by atoms with Gasteiger partial charge >= 0.3 is 0 Å². The molecule has 1 aliphatic rings. The molecular formula is C14H22N2O2S. The van der Waals surface area contributed by atoms with Crippen molar-refractivity contribution in [1.29, 1.82) is 0 Å². The summed E-state index contributed by atoms with van der Waals surface area (Å²) in [6.45, 7) is 2.64. The number of anilines is 2. The van der Waals surface area contributed by atoms with Gasteiger partial charge in [-0.05, 0) is 49.9 Å². The third kappa shape index (κ3) is 4.42. The fourth-order valence-electron chi connectivity index (χ4n) is 2.38. The Hall–Kier alpha value is -1.23. The maximum atomic E-state index is 11.4. The molecule has 1 aromatic carbocycles. The van der Waals surface area contributed by atoms with Crippen molar-refractivity contribution in [3.63, 3.8) is 0 Å². The lowest BCUT2D eigenvalue weighted by Gasteiger charge is -2.12. The van der Waals surface area contributed by atoms with E-state index in [0.29, 0.717) is 5.69 Å². The minimum atomic E-state index is -3.18. The molecule has 1 aliphatic carbocycles. The summed E-state index contributed by atoms with van der Waals surface area (Å²) < 4.78 is 25.4. The molecule has 2 rings (SSSR count). The Labute approximate surface area is 115 Å². The van der Waals surface area contributed by atoms with Crippen molar-refractivity contribution in [1.82, 2.24) is 0 Å². The highest BCUT2D eigenvalue weighted by Crippen LogP contribution is 2.25. The summed E-state index contributed by atoms with van der Waals surface area (Å²) in [6, 6.07) is 7.43. The van der Waals surface area contributed by atoms with Gasteiger partial charge < -0.3 is 5.32 Å². The molecule has 1 aromatic rings. The molecule has 1 saturated carbocycles. The van der Waals surface area contributed by atoms with Gasteiger partial charge in [0.05, 0.1) is 5.75 Å². The maximum absolute atomic E-state index is 11.4. The molecule has 2 N–H and O–H groups in total. The van der Waals surface area contributed by atoms with Gasteiger partial charge in [0.25, 0.3) is 0 Å². The minimum Gasteiger partial charge on any atom is -0.385 e. The molecule has 0 bridgehead atoms. The molecule has 4 nitrogen and oxygen atoms in total. The third-order valence-corrected chi connectivity index (χ3v) is 4.91. The van der Waals surface area contributed by atoms with Gasteiger partial charge in [-0.15, -0.1) is 0 Å². The molecule has 19 heavy (non-hydrogen) atoms. The molecule has 0 spiro atoms. The van der Waals surface area contributed by atoms with Crippen LogP contribution in [0, 0.1) is 5.92 Å². The van der Waals surface area contributed by atoms with E-state index in [4.69, 9.17) is 0 Å². The quantitative estimate of drug-likeness (QED) is 0.843. The summed E-state index contributed by atoms with van der Waals surface area (Å²) in [5, 5.41) is 3.41. The first kappa shape index (κ1) is 14.2. The standard InChI is InChI=1S/C14H22N2O2S/c1-2-19(17,18)16-14-9-7-13(8-10-14)15-11-12-5-3-4-6-12/h7-10,12,15-16H,2-6,11H2,1H3. The first-order valence-corrected chi connectivity index (χ1v) is 8.59. The van der Waals surface area contributed by atoms with Crippen molar-refractivity contribution in [2.75, 3.05) is 22.3 Å². The molecule has 106 valence electrons. The Bertz CT molecular complexity index is 491. The molecule has 0 unspecified atom stereocenters. The molecule has 0 aliphatic heterocycles. The van der Waals surface area contributed by atoms with Crippen LogP contribution in [0.15, 0.2) is 24.3 Å². The Balaban J connectivity index is 1.87. The number of benzene rings is 1. The van der Waals surface area contributed by atoms with Crippen molar-refractivity contribution in [3.8, 4) is 0 Å². The summed E-state index contributed by atoms with van der Waals surface area (Å²) >= 11 is 0. The molecule has 0 atom stereocenters. The van der Waals surface area contributed by atoms with Gasteiger partial charge in [0.2, 0.25) is 10.0 Å². The molecule has 1 fully saturated rings. The molecule has 0 saturated heterocycles. The Morgan fingerprint density at radius 2 is 1.68 bits per heavy atom. The second-order valence-corrected chi connectivity index (χ2v) is 7.13. The summed E-state index contributed by atoms with van der Waals surface area (Å²) in [6.07, 6.45) is 5.34. The van der Waals surface area contributed by atoms with Crippen molar-refractivity contribution >= 4 is 21.4 Å². The Morgan fingerprint density at radius 3 is 2.26 bits per heavy atom. The molecule has 0 radical (unpaired) electrons. The van der Waals surface area contributed by atoms with Crippen molar-refractivity contribution < 1.29 is 8.42 Å². The lowest BCUT2D eigenvalue weighted by Crippen LogP contribution is -2.14. The molecular weight excluding hydrogens is 260 g/mol. The highest BCUT2D eigenvalue weighted by atomic mass is 32.2. The highest BCUT2D eigenvalue weighted by molar-refractivity contribution is 7.92. The number of rotatable bonds is 6. The van der Waals surface area contributed by atoms with Crippen LogP contribution >= 0.6 is 0 Å². The zero-order chi connectivity index (χ0) is 13.7. The number of hydrogen-bond donors (Lipinski definition) is 2. The van der Waals surface area contributed by atoms with Crippen LogP contribution in [0.2, 0.25) is 0 Å². The number of hydrogen-bond acceptors (Lipinski definition) is 3. The van der Waals surface area contributed by atoms with E-state index < -0.39 is 10.0 Å². The van der Waals surface area contributed by atoms with E-state index in [2.05, 4.69) is 10.0 Å². The fourth-order valence-corrected chi connectivity index (χ4v) is 3.02. The van der Waals surface area contributed by atoms with Crippen LogP contribution in [0.5, 0.6) is 0 Å². The van der Waals surface area contributed by atoms with E-state index in [1.165, 1.54) is 25.7 Å². The summed E-state index contributed by atoms with van der Waals surface area (Å²) in [5.41, 5.74) is 1.67. The normalized spacial score (nSPS) is 16.5. The van der Waals surface area contributed by atoms with Crippen LogP contribution in [0.4, 0.5) is 11.4 Å². The second-order valence-electron chi connectivity index (χ2n) is 5.11. The Morgan fingerprint density at radius 1 is 1.11 bits per heavy atom. The second kappa shape index (κ2) is 6.28. The van der Waals surface area contributed by atoms with E-state index in [0.717, 1.165) is 18.2 Å². The SMILES string of the molecule is CCS(=O)(=O)Nc1ccc(NCC2CCCC2)cc1. The summed E-state index contributed by atoms with van der Waals surface area (Å²) in [7, 11) is -3.18. The van der Waals surface area contributed by atoms with Crippen molar-refractivity contribution in [3.05, 3.63) is 24.3 Å². The van der Waals surface area contributed by atoms with Gasteiger partial charge in [-0.1, -0.05) is 12.8 Å². The highest BCUT2D eigenvalue weighted by Gasteiger charge is 2.14. The lowest BCUT2D eigenvalue weighted by molar-refractivity contribution is 0.580. The number of sulfonamides is 1. The van der Waals surface area contributed by atoms with Crippen LogP contribution < -0.4 is 10.0 Å². The zero-order valence-corrected chi connectivity index (χ0v) is 12.2. The predicted octanol–water partition coefficient (Wildman–Crippen LogP) is 3.05. The van der Waals surface area contributed by atoms with Crippen LogP contribution in [0.3, 0.4) is 0 Å². The van der Waals surface area contributed by atoms with Crippen LogP contribution in [0.25, 0.3) is 0 Å². The topological polar surface area (TPSA) is 58.2 Å². The van der Waals surface area contributed by atoms with E-state index in [9.17, 15) is 8.42 Å². The van der Waals surface area contributed by atoms with Gasteiger partial charge in [0, 0.05) is 17.9 Å². The smallest absolute Gasteiger partial charge is 0.232 e. The maximum Gasteiger partial charge on any atom is 0.232 e. The minimum absolute atomic E-state index is 0.0919.